The average molecular weight is 413 g/mol. The van der Waals surface area contributed by atoms with Gasteiger partial charge in [0.15, 0.2) is 5.60 Å². The Bertz CT molecular complexity index is 808. The smallest absolute Gasteiger partial charge is 0.418 e. The number of hydrogen-bond acceptors (Lipinski definition) is 3. The molecular formula is C22H27F4NO2. The van der Waals surface area contributed by atoms with Crippen molar-refractivity contribution in [2.24, 2.45) is 0 Å². The molecule has 0 fully saturated rings. The average Bonchev–Trinajstić information content (AvgIpc) is 2.65. The lowest BCUT2D eigenvalue weighted by atomic mass is 9.74. The second kappa shape index (κ2) is 8.71. The molecule has 2 atom stereocenters. The van der Waals surface area contributed by atoms with Gasteiger partial charge in [0.25, 0.3) is 0 Å². The second-order valence-corrected chi connectivity index (χ2v) is 7.95. The van der Waals surface area contributed by atoms with Gasteiger partial charge in [-0.05, 0) is 42.5 Å². The maximum Gasteiger partial charge on any atom is 0.418 e. The molecule has 7 heteroatoms. The zero-order valence-electron chi connectivity index (χ0n) is 17.0. The lowest BCUT2D eigenvalue weighted by Crippen LogP contribution is -2.55. The van der Waals surface area contributed by atoms with Crippen LogP contribution in [-0.4, -0.2) is 30.5 Å². The van der Waals surface area contributed by atoms with Gasteiger partial charge in [-0.25, -0.2) is 4.39 Å². The van der Waals surface area contributed by atoms with E-state index in [1.807, 2.05) is 6.07 Å². The molecule has 2 N–H and O–H groups in total. The fourth-order valence-electron chi connectivity index (χ4n) is 3.48. The molecule has 2 rings (SSSR count). The fourth-order valence-corrected chi connectivity index (χ4v) is 3.48. The van der Waals surface area contributed by atoms with E-state index in [4.69, 9.17) is 4.74 Å². The summed E-state index contributed by atoms with van der Waals surface area (Å²) in [6.45, 7) is 4.09. The van der Waals surface area contributed by atoms with Gasteiger partial charge in [-0.3, -0.25) is 0 Å². The minimum Gasteiger partial charge on any atom is -0.496 e. The van der Waals surface area contributed by atoms with Crippen LogP contribution in [0.15, 0.2) is 48.5 Å². The summed E-state index contributed by atoms with van der Waals surface area (Å²) in [7, 11) is 1.37. The van der Waals surface area contributed by atoms with Crippen LogP contribution >= 0.6 is 0 Å². The minimum atomic E-state index is -4.88. The second-order valence-electron chi connectivity index (χ2n) is 7.95. The van der Waals surface area contributed by atoms with E-state index in [-0.39, 0.29) is 11.3 Å². The largest absolute Gasteiger partial charge is 0.496 e. The van der Waals surface area contributed by atoms with Gasteiger partial charge >= 0.3 is 6.18 Å². The first kappa shape index (κ1) is 23.2. The normalized spacial score (nSPS) is 15.6. The van der Waals surface area contributed by atoms with Crippen molar-refractivity contribution in [3.05, 3.63) is 65.5 Å². The van der Waals surface area contributed by atoms with Crippen LogP contribution in [0, 0.1) is 5.82 Å². The molecule has 2 aromatic rings. The minimum absolute atomic E-state index is 0.263. The standard InChI is InChI=1S/C22H27F4NO2/c1-15(16-8-6-5-7-9-16)27-14-21(28,22(24,25)26)13-20(2,3)18-12-17(23)10-11-19(18)29-4/h5-12,15,27-28H,13-14H2,1-4H3. The molecule has 2 unspecified atom stereocenters. The van der Waals surface area contributed by atoms with E-state index >= 15 is 0 Å². The monoisotopic (exact) mass is 413 g/mol. The van der Waals surface area contributed by atoms with Gasteiger partial charge < -0.3 is 15.2 Å². The van der Waals surface area contributed by atoms with E-state index in [1.165, 1.54) is 33.1 Å². The first-order chi connectivity index (χ1) is 13.4. The summed E-state index contributed by atoms with van der Waals surface area (Å²) >= 11 is 0. The Morgan fingerprint density at radius 1 is 1.07 bits per heavy atom. The molecule has 0 aliphatic rings. The van der Waals surface area contributed by atoms with Crippen molar-refractivity contribution < 1.29 is 27.4 Å². The molecule has 0 spiro atoms. The highest BCUT2D eigenvalue weighted by atomic mass is 19.4. The number of alkyl halides is 3. The quantitative estimate of drug-likeness (QED) is 0.589. The number of rotatable bonds is 8. The maximum absolute atomic E-state index is 13.9. The predicted octanol–water partition coefficient (Wildman–Crippen LogP) is 5.15. The Kier molecular flexibility index (Phi) is 6.96. The Balaban J connectivity index is 2.29. The molecule has 0 radical (unpaired) electrons. The Hall–Kier alpha value is -2.12. The number of ether oxygens (including phenoxy) is 1. The summed E-state index contributed by atoms with van der Waals surface area (Å²) in [6.07, 6.45) is -5.55. The van der Waals surface area contributed by atoms with Crippen LogP contribution in [0.4, 0.5) is 17.6 Å². The van der Waals surface area contributed by atoms with Crippen molar-refractivity contribution in [1.29, 1.82) is 0 Å². The molecular weight excluding hydrogens is 386 g/mol. The zero-order chi connectivity index (χ0) is 21.9. The van der Waals surface area contributed by atoms with E-state index < -0.39 is 42.0 Å². The highest BCUT2D eigenvalue weighted by Gasteiger charge is 2.56. The van der Waals surface area contributed by atoms with Crippen LogP contribution in [0.25, 0.3) is 0 Å². The van der Waals surface area contributed by atoms with Gasteiger partial charge in [-0.1, -0.05) is 44.2 Å². The van der Waals surface area contributed by atoms with Gasteiger partial charge in [0.05, 0.1) is 7.11 Å². The van der Waals surface area contributed by atoms with Crippen LogP contribution in [0.1, 0.15) is 44.4 Å². The number of methoxy groups -OCH3 is 1. The third kappa shape index (κ3) is 5.48. The Morgan fingerprint density at radius 2 is 1.69 bits per heavy atom. The van der Waals surface area contributed by atoms with E-state index in [1.54, 1.807) is 31.2 Å². The van der Waals surface area contributed by atoms with Crippen molar-refractivity contribution in [2.75, 3.05) is 13.7 Å². The van der Waals surface area contributed by atoms with Gasteiger partial charge in [0.2, 0.25) is 0 Å². The van der Waals surface area contributed by atoms with E-state index in [9.17, 15) is 22.7 Å². The number of benzene rings is 2. The van der Waals surface area contributed by atoms with Crippen LogP contribution in [0.3, 0.4) is 0 Å². The fraction of sp³-hybridized carbons (Fsp3) is 0.455. The van der Waals surface area contributed by atoms with Crippen molar-refractivity contribution in [3.63, 3.8) is 0 Å². The molecule has 0 heterocycles. The van der Waals surface area contributed by atoms with Crippen molar-refractivity contribution in [2.45, 2.75) is 50.4 Å². The third-order valence-corrected chi connectivity index (χ3v) is 5.15. The van der Waals surface area contributed by atoms with Crippen molar-refractivity contribution in [1.82, 2.24) is 5.32 Å². The van der Waals surface area contributed by atoms with Gasteiger partial charge in [0.1, 0.15) is 11.6 Å². The molecule has 0 aromatic heterocycles. The maximum atomic E-state index is 13.9. The summed E-state index contributed by atoms with van der Waals surface area (Å²) in [5, 5.41) is 13.4. The summed E-state index contributed by atoms with van der Waals surface area (Å²) in [5.74, 6) is -0.313. The number of aliphatic hydroxyl groups is 1. The van der Waals surface area contributed by atoms with Crippen LogP contribution in [-0.2, 0) is 5.41 Å². The summed E-state index contributed by atoms with van der Waals surface area (Å²) < 4.78 is 60.6. The molecule has 0 bridgehead atoms. The lowest BCUT2D eigenvalue weighted by Gasteiger charge is -2.39. The first-order valence-electron chi connectivity index (χ1n) is 9.31. The molecule has 29 heavy (non-hydrogen) atoms. The molecule has 0 saturated heterocycles. The van der Waals surface area contributed by atoms with E-state index in [0.717, 1.165) is 11.6 Å². The van der Waals surface area contributed by atoms with Crippen LogP contribution in [0.2, 0.25) is 0 Å². The summed E-state index contributed by atoms with van der Waals surface area (Å²) in [5.41, 5.74) is -3.16. The van der Waals surface area contributed by atoms with E-state index in [0.29, 0.717) is 0 Å². The molecule has 3 nitrogen and oxygen atoms in total. The zero-order valence-corrected chi connectivity index (χ0v) is 17.0. The van der Waals surface area contributed by atoms with E-state index in [2.05, 4.69) is 5.32 Å². The van der Waals surface area contributed by atoms with Crippen LogP contribution in [0.5, 0.6) is 5.75 Å². The first-order valence-corrected chi connectivity index (χ1v) is 9.31. The molecule has 0 saturated carbocycles. The molecule has 0 aliphatic heterocycles. The van der Waals surface area contributed by atoms with Crippen molar-refractivity contribution in [3.8, 4) is 5.75 Å². The highest BCUT2D eigenvalue weighted by molar-refractivity contribution is 5.39. The van der Waals surface area contributed by atoms with Gasteiger partial charge in [-0.2, -0.15) is 13.2 Å². The number of hydrogen-bond donors (Lipinski definition) is 2. The molecule has 0 amide bonds. The Morgan fingerprint density at radius 3 is 2.24 bits per heavy atom. The predicted molar refractivity (Wildman–Crippen MR) is 104 cm³/mol. The Labute approximate surface area is 168 Å². The van der Waals surface area contributed by atoms with Crippen LogP contribution < -0.4 is 10.1 Å². The number of halogens is 4. The summed E-state index contributed by atoms with van der Waals surface area (Å²) in [6, 6.07) is 12.3. The lowest BCUT2D eigenvalue weighted by molar-refractivity contribution is -0.264. The molecule has 2 aromatic carbocycles. The van der Waals surface area contributed by atoms with Gasteiger partial charge in [-0.15, -0.1) is 0 Å². The molecule has 0 aliphatic carbocycles. The third-order valence-electron chi connectivity index (χ3n) is 5.15. The SMILES string of the molecule is COc1ccc(F)cc1C(C)(C)CC(O)(CNC(C)c1ccccc1)C(F)(F)F. The topological polar surface area (TPSA) is 41.5 Å². The van der Waals surface area contributed by atoms with Crippen molar-refractivity contribution >= 4 is 0 Å². The number of nitrogens with one attached hydrogen (secondary N) is 1. The van der Waals surface area contributed by atoms with Gasteiger partial charge in [0, 0.05) is 18.2 Å². The highest BCUT2D eigenvalue weighted by Crippen LogP contribution is 2.43. The molecule has 160 valence electrons. The summed E-state index contributed by atoms with van der Waals surface area (Å²) in [4.78, 5) is 0.